The first kappa shape index (κ1) is 11.4. The van der Waals surface area contributed by atoms with E-state index in [4.69, 9.17) is 4.74 Å². The molecule has 2 unspecified atom stereocenters. The van der Waals surface area contributed by atoms with Gasteiger partial charge in [-0.15, -0.1) is 0 Å². The molecule has 1 saturated heterocycles. The zero-order valence-electron chi connectivity index (χ0n) is 9.85. The van der Waals surface area contributed by atoms with E-state index in [1.165, 1.54) is 12.8 Å². The second-order valence-electron chi connectivity index (χ2n) is 5.10. The summed E-state index contributed by atoms with van der Waals surface area (Å²) in [7, 11) is 1.80. The Bertz CT molecular complexity index is 210. The molecule has 3 heteroatoms. The highest BCUT2D eigenvalue weighted by Crippen LogP contribution is 2.29. The van der Waals surface area contributed by atoms with Gasteiger partial charge in [0.05, 0.1) is 12.2 Å². The Labute approximate surface area is 92.4 Å². The zero-order chi connectivity index (χ0) is 10.8. The maximum atomic E-state index is 9.88. The molecule has 2 rings (SSSR count). The number of aliphatic hydroxyl groups excluding tert-OH is 1. The number of hydrogen-bond donors (Lipinski definition) is 1. The Morgan fingerprint density at radius 3 is 2.67 bits per heavy atom. The summed E-state index contributed by atoms with van der Waals surface area (Å²) >= 11 is 0. The number of likely N-dealkylation sites (tertiary alicyclic amines) is 1. The molecular weight excluding hydrogens is 190 g/mol. The fourth-order valence-electron chi connectivity index (χ4n) is 3.01. The van der Waals surface area contributed by atoms with E-state index < -0.39 is 0 Å². The first-order valence-electron chi connectivity index (χ1n) is 6.17. The highest BCUT2D eigenvalue weighted by molar-refractivity contribution is 4.89. The van der Waals surface area contributed by atoms with E-state index in [-0.39, 0.29) is 6.10 Å². The molecule has 4 atom stereocenters. The van der Waals surface area contributed by atoms with E-state index in [0.29, 0.717) is 18.1 Å². The molecule has 2 aliphatic rings. The predicted octanol–water partition coefficient (Wildman–Crippen LogP) is 1.26. The van der Waals surface area contributed by atoms with Crippen molar-refractivity contribution in [3.63, 3.8) is 0 Å². The lowest BCUT2D eigenvalue weighted by molar-refractivity contribution is -0.0362. The summed E-state index contributed by atoms with van der Waals surface area (Å²) in [5, 5.41) is 9.88. The lowest BCUT2D eigenvalue weighted by atomic mass is 9.94. The molecule has 0 aromatic heterocycles. The Balaban J connectivity index is 1.93. The van der Waals surface area contributed by atoms with E-state index in [2.05, 4.69) is 11.8 Å². The fourth-order valence-corrected chi connectivity index (χ4v) is 3.01. The van der Waals surface area contributed by atoms with Crippen LogP contribution in [0.4, 0.5) is 0 Å². The summed E-state index contributed by atoms with van der Waals surface area (Å²) in [5.74, 6) is 0.657. The molecule has 1 N–H and O–H groups in total. The number of hydrogen-bond acceptors (Lipinski definition) is 3. The molecule has 0 radical (unpaired) electrons. The number of nitrogens with zero attached hydrogens (tertiary/aromatic N) is 1. The molecule has 1 heterocycles. The van der Waals surface area contributed by atoms with Crippen LogP contribution in [0, 0.1) is 5.92 Å². The third-order valence-electron chi connectivity index (χ3n) is 4.14. The zero-order valence-corrected chi connectivity index (χ0v) is 9.85. The van der Waals surface area contributed by atoms with Gasteiger partial charge in [0.1, 0.15) is 0 Å². The van der Waals surface area contributed by atoms with E-state index in [9.17, 15) is 5.11 Å². The molecule has 1 saturated carbocycles. The second-order valence-corrected chi connectivity index (χ2v) is 5.10. The van der Waals surface area contributed by atoms with Crippen LogP contribution in [-0.4, -0.2) is 48.5 Å². The molecule has 3 nitrogen and oxygen atoms in total. The molecular formula is C12H23NO2. The number of aliphatic hydroxyl groups is 1. The predicted molar refractivity (Wildman–Crippen MR) is 59.8 cm³/mol. The summed E-state index contributed by atoms with van der Waals surface area (Å²) in [5.41, 5.74) is 0. The summed E-state index contributed by atoms with van der Waals surface area (Å²) in [6.07, 6.45) is 4.76. The Morgan fingerprint density at radius 1 is 1.27 bits per heavy atom. The van der Waals surface area contributed by atoms with Crippen LogP contribution in [-0.2, 0) is 4.74 Å². The molecule has 88 valence electrons. The Morgan fingerprint density at radius 2 is 2.07 bits per heavy atom. The maximum absolute atomic E-state index is 9.88. The van der Waals surface area contributed by atoms with E-state index in [1.54, 1.807) is 7.11 Å². The SMILES string of the molecule is COC1CN([C@H]2CCC[C@@H]2O)CCC1C. The van der Waals surface area contributed by atoms with Gasteiger partial charge in [-0.1, -0.05) is 6.92 Å². The lowest BCUT2D eigenvalue weighted by Gasteiger charge is -2.40. The van der Waals surface area contributed by atoms with Crippen molar-refractivity contribution < 1.29 is 9.84 Å². The summed E-state index contributed by atoms with van der Waals surface area (Å²) in [6.45, 7) is 4.39. The monoisotopic (exact) mass is 213 g/mol. The first-order chi connectivity index (χ1) is 7.22. The van der Waals surface area contributed by atoms with Gasteiger partial charge in [0.2, 0.25) is 0 Å². The minimum Gasteiger partial charge on any atom is -0.391 e. The topological polar surface area (TPSA) is 32.7 Å². The van der Waals surface area contributed by atoms with Crippen molar-refractivity contribution in [1.29, 1.82) is 0 Å². The average Bonchev–Trinajstić information content (AvgIpc) is 2.65. The molecule has 0 aromatic carbocycles. The highest BCUT2D eigenvalue weighted by Gasteiger charge is 2.35. The minimum atomic E-state index is -0.101. The largest absolute Gasteiger partial charge is 0.391 e. The van der Waals surface area contributed by atoms with Crippen LogP contribution < -0.4 is 0 Å². The van der Waals surface area contributed by atoms with Gasteiger partial charge in [-0.05, 0) is 38.1 Å². The van der Waals surface area contributed by atoms with Crippen molar-refractivity contribution in [2.45, 2.75) is 50.9 Å². The summed E-state index contributed by atoms with van der Waals surface area (Å²) in [4.78, 5) is 2.44. The normalized spacial score (nSPS) is 43.4. The van der Waals surface area contributed by atoms with Gasteiger partial charge in [0.15, 0.2) is 0 Å². The quantitative estimate of drug-likeness (QED) is 0.749. The number of rotatable bonds is 2. The van der Waals surface area contributed by atoms with Gasteiger partial charge < -0.3 is 9.84 Å². The van der Waals surface area contributed by atoms with Gasteiger partial charge in [0.25, 0.3) is 0 Å². The molecule has 0 amide bonds. The Hall–Kier alpha value is -0.120. The third-order valence-corrected chi connectivity index (χ3v) is 4.14. The van der Waals surface area contributed by atoms with Crippen LogP contribution in [0.5, 0.6) is 0 Å². The van der Waals surface area contributed by atoms with Crippen molar-refractivity contribution in [2.75, 3.05) is 20.2 Å². The van der Waals surface area contributed by atoms with Crippen molar-refractivity contribution >= 4 is 0 Å². The number of piperidine rings is 1. The summed E-state index contributed by atoms with van der Waals surface area (Å²) in [6, 6.07) is 0.398. The van der Waals surface area contributed by atoms with Gasteiger partial charge in [-0.3, -0.25) is 4.90 Å². The van der Waals surface area contributed by atoms with Gasteiger partial charge >= 0.3 is 0 Å². The maximum Gasteiger partial charge on any atom is 0.0724 e. The van der Waals surface area contributed by atoms with Crippen molar-refractivity contribution in [2.24, 2.45) is 5.92 Å². The molecule has 0 spiro atoms. The van der Waals surface area contributed by atoms with Crippen LogP contribution in [0.3, 0.4) is 0 Å². The second kappa shape index (κ2) is 4.81. The molecule has 15 heavy (non-hydrogen) atoms. The molecule has 1 aliphatic carbocycles. The van der Waals surface area contributed by atoms with Crippen molar-refractivity contribution in [1.82, 2.24) is 4.90 Å². The summed E-state index contributed by atoms with van der Waals surface area (Å²) < 4.78 is 5.51. The van der Waals surface area contributed by atoms with E-state index in [1.807, 2.05) is 0 Å². The molecule has 1 aliphatic heterocycles. The van der Waals surface area contributed by atoms with Crippen molar-refractivity contribution in [3.8, 4) is 0 Å². The first-order valence-corrected chi connectivity index (χ1v) is 6.17. The van der Waals surface area contributed by atoms with Crippen LogP contribution in [0.25, 0.3) is 0 Å². The third kappa shape index (κ3) is 2.35. The average molecular weight is 213 g/mol. The van der Waals surface area contributed by atoms with Crippen LogP contribution >= 0.6 is 0 Å². The Kier molecular flexibility index (Phi) is 3.65. The van der Waals surface area contributed by atoms with E-state index in [0.717, 1.165) is 25.9 Å². The van der Waals surface area contributed by atoms with Gasteiger partial charge in [-0.25, -0.2) is 0 Å². The van der Waals surface area contributed by atoms with E-state index >= 15 is 0 Å². The number of ether oxygens (including phenoxy) is 1. The van der Waals surface area contributed by atoms with Gasteiger partial charge in [-0.2, -0.15) is 0 Å². The van der Waals surface area contributed by atoms with Crippen LogP contribution in [0.15, 0.2) is 0 Å². The fraction of sp³-hybridized carbons (Fsp3) is 1.00. The highest BCUT2D eigenvalue weighted by atomic mass is 16.5. The lowest BCUT2D eigenvalue weighted by Crippen LogP contribution is -2.50. The van der Waals surface area contributed by atoms with Gasteiger partial charge in [0, 0.05) is 19.7 Å². The smallest absolute Gasteiger partial charge is 0.0724 e. The molecule has 0 aromatic rings. The minimum absolute atomic E-state index is 0.101. The molecule has 2 fully saturated rings. The van der Waals surface area contributed by atoms with Crippen LogP contribution in [0.2, 0.25) is 0 Å². The van der Waals surface area contributed by atoms with Crippen LogP contribution in [0.1, 0.15) is 32.6 Å². The number of methoxy groups -OCH3 is 1. The van der Waals surface area contributed by atoms with Crippen molar-refractivity contribution in [3.05, 3.63) is 0 Å². The standard InChI is InChI=1S/C12H23NO2/c1-9-6-7-13(8-12(9)15-2)10-4-3-5-11(10)14/h9-12,14H,3-8H2,1-2H3/t9?,10-,11-,12?/m0/s1. The molecule has 0 bridgehead atoms.